The van der Waals surface area contributed by atoms with Crippen molar-refractivity contribution >= 4 is 0 Å². The SMILES string of the molecule is CC/C=C(/C)C(C)C(O)CCCCCCCCCCCC. The van der Waals surface area contributed by atoms with E-state index in [-0.39, 0.29) is 6.10 Å². The summed E-state index contributed by atoms with van der Waals surface area (Å²) in [6.45, 7) is 8.73. The van der Waals surface area contributed by atoms with Gasteiger partial charge in [-0.05, 0) is 19.8 Å². The number of hydrogen-bond acceptors (Lipinski definition) is 1. The van der Waals surface area contributed by atoms with Crippen LogP contribution in [-0.4, -0.2) is 11.2 Å². The van der Waals surface area contributed by atoms with Crippen LogP contribution < -0.4 is 0 Å². The lowest BCUT2D eigenvalue weighted by Crippen LogP contribution is -2.18. The second kappa shape index (κ2) is 14.6. The topological polar surface area (TPSA) is 20.2 Å². The average molecular weight is 297 g/mol. The highest BCUT2D eigenvalue weighted by molar-refractivity contribution is 5.03. The van der Waals surface area contributed by atoms with Crippen molar-refractivity contribution in [3.63, 3.8) is 0 Å². The Bertz CT molecular complexity index is 244. The number of aliphatic hydroxyl groups is 1. The van der Waals surface area contributed by atoms with E-state index in [2.05, 4.69) is 33.8 Å². The van der Waals surface area contributed by atoms with Crippen LogP contribution in [0.5, 0.6) is 0 Å². The smallest absolute Gasteiger partial charge is 0.0602 e. The Labute approximate surface area is 134 Å². The highest BCUT2D eigenvalue weighted by Gasteiger charge is 2.14. The lowest BCUT2D eigenvalue weighted by Gasteiger charge is -2.19. The zero-order chi connectivity index (χ0) is 15.9. The van der Waals surface area contributed by atoms with E-state index in [0.29, 0.717) is 5.92 Å². The van der Waals surface area contributed by atoms with Gasteiger partial charge in [-0.3, -0.25) is 0 Å². The van der Waals surface area contributed by atoms with E-state index in [0.717, 1.165) is 12.8 Å². The summed E-state index contributed by atoms with van der Waals surface area (Å²) in [7, 11) is 0. The largest absolute Gasteiger partial charge is 0.393 e. The first kappa shape index (κ1) is 20.7. The summed E-state index contributed by atoms with van der Waals surface area (Å²) in [5.74, 6) is 0.323. The van der Waals surface area contributed by atoms with E-state index in [1.807, 2.05) is 0 Å². The molecule has 0 spiro atoms. The minimum Gasteiger partial charge on any atom is -0.393 e. The molecule has 1 nitrogen and oxygen atoms in total. The molecule has 2 atom stereocenters. The minimum atomic E-state index is -0.151. The zero-order valence-corrected chi connectivity index (χ0v) is 15.2. The molecule has 0 saturated carbocycles. The Hall–Kier alpha value is -0.300. The Balaban J connectivity index is 3.44. The fourth-order valence-corrected chi connectivity index (χ4v) is 2.90. The van der Waals surface area contributed by atoms with Gasteiger partial charge < -0.3 is 5.11 Å². The molecule has 0 amide bonds. The molecule has 0 bridgehead atoms. The summed E-state index contributed by atoms with van der Waals surface area (Å²) >= 11 is 0. The van der Waals surface area contributed by atoms with Gasteiger partial charge in [0.05, 0.1) is 6.10 Å². The van der Waals surface area contributed by atoms with Gasteiger partial charge in [-0.2, -0.15) is 0 Å². The number of allylic oxidation sites excluding steroid dienone is 1. The van der Waals surface area contributed by atoms with Crippen LogP contribution in [0.25, 0.3) is 0 Å². The summed E-state index contributed by atoms with van der Waals surface area (Å²) in [6, 6.07) is 0. The predicted octanol–water partition coefficient (Wildman–Crippen LogP) is 6.65. The molecule has 0 fully saturated rings. The predicted molar refractivity (Wildman–Crippen MR) is 95.7 cm³/mol. The molecule has 0 aromatic rings. The second-order valence-corrected chi connectivity index (χ2v) is 6.68. The number of aliphatic hydroxyl groups excluding tert-OH is 1. The first-order valence-corrected chi connectivity index (χ1v) is 9.48. The second-order valence-electron chi connectivity index (χ2n) is 6.68. The molecule has 0 aromatic carbocycles. The van der Waals surface area contributed by atoms with E-state index in [1.165, 1.54) is 69.8 Å². The first-order valence-electron chi connectivity index (χ1n) is 9.48. The van der Waals surface area contributed by atoms with Gasteiger partial charge >= 0.3 is 0 Å². The maximum atomic E-state index is 10.2. The summed E-state index contributed by atoms with van der Waals surface area (Å²) in [5.41, 5.74) is 1.34. The quantitative estimate of drug-likeness (QED) is 0.281. The summed E-state index contributed by atoms with van der Waals surface area (Å²) < 4.78 is 0. The van der Waals surface area contributed by atoms with Crippen LogP contribution in [0, 0.1) is 5.92 Å². The van der Waals surface area contributed by atoms with Crippen LogP contribution in [-0.2, 0) is 0 Å². The van der Waals surface area contributed by atoms with E-state index in [4.69, 9.17) is 0 Å². The third-order valence-corrected chi connectivity index (χ3v) is 4.67. The van der Waals surface area contributed by atoms with Crippen LogP contribution in [0.3, 0.4) is 0 Å². The van der Waals surface area contributed by atoms with Crippen molar-refractivity contribution < 1.29 is 5.11 Å². The lowest BCUT2D eigenvalue weighted by atomic mass is 9.92. The summed E-state index contributed by atoms with van der Waals surface area (Å²) in [4.78, 5) is 0. The van der Waals surface area contributed by atoms with Crippen molar-refractivity contribution in [1.29, 1.82) is 0 Å². The van der Waals surface area contributed by atoms with Crippen molar-refractivity contribution in [2.24, 2.45) is 5.92 Å². The number of hydrogen-bond donors (Lipinski definition) is 1. The molecule has 0 heterocycles. The first-order chi connectivity index (χ1) is 10.1. The molecular weight excluding hydrogens is 256 g/mol. The van der Waals surface area contributed by atoms with Crippen molar-refractivity contribution in [3.8, 4) is 0 Å². The van der Waals surface area contributed by atoms with Gasteiger partial charge in [-0.25, -0.2) is 0 Å². The van der Waals surface area contributed by atoms with Gasteiger partial charge in [0, 0.05) is 5.92 Å². The van der Waals surface area contributed by atoms with E-state index < -0.39 is 0 Å². The highest BCUT2D eigenvalue weighted by Crippen LogP contribution is 2.20. The Kier molecular flexibility index (Phi) is 14.4. The maximum absolute atomic E-state index is 10.2. The molecular formula is C20H40O. The fraction of sp³-hybridized carbons (Fsp3) is 0.900. The molecule has 0 aliphatic rings. The van der Waals surface area contributed by atoms with Crippen LogP contribution in [0.1, 0.15) is 105 Å². The van der Waals surface area contributed by atoms with Crippen molar-refractivity contribution in [3.05, 3.63) is 11.6 Å². The van der Waals surface area contributed by atoms with Crippen LogP contribution in [0.4, 0.5) is 0 Å². The van der Waals surface area contributed by atoms with Gasteiger partial charge in [0.15, 0.2) is 0 Å². The minimum absolute atomic E-state index is 0.151. The Morgan fingerprint density at radius 3 is 1.81 bits per heavy atom. The average Bonchev–Trinajstić information content (AvgIpc) is 2.48. The summed E-state index contributed by atoms with van der Waals surface area (Å²) in [6.07, 6.45) is 17.7. The third kappa shape index (κ3) is 12.0. The van der Waals surface area contributed by atoms with Gasteiger partial charge in [-0.1, -0.05) is 96.6 Å². The van der Waals surface area contributed by atoms with Crippen LogP contribution in [0.2, 0.25) is 0 Å². The fourth-order valence-electron chi connectivity index (χ4n) is 2.90. The van der Waals surface area contributed by atoms with Gasteiger partial charge in [0.25, 0.3) is 0 Å². The van der Waals surface area contributed by atoms with Crippen LogP contribution >= 0.6 is 0 Å². The van der Waals surface area contributed by atoms with Gasteiger partial charge in [0.2, 0.25) is 0 Å². The summed E-state index contributed by atoms with van der Waals surface area (Å²) in [5, 5.41) is 10.2. The zero-order valence-electron chi connectivity index (χ0n) is 15.2. The van der Waals surface area contributed by atoms with Gasteiger partial charge in [0.1, 0.15) is 0 Å². The highest BCUT2D eigenvalue weighted by atomic mass is 16.3. The van der Waals surface area contributed by atoms with Gasteiger partial charge in [-0.15, -0.1) is 0 Å². The Morgan fingerprint density at radius 1 is 0.857 bits per heavy atom. The number of unbranched alkanes of at least 4 members (excludes halogenated alkanes) is 9. The molecule has 21 heavy (non-hydrogen) atoms. The third-order valence-electron chi connectivity index (χ3n) is 4.67. The van der Waals surface area contributed by atoms with Crippen molar-refractivity contribution in [2.45, 2.75) is 111 Å². The monoisotopic (exact) mass is 296 g/mol. The van der Waals surface area contributed by atoms with E-state index in [9.17, 15) is 5.11 Å². The molecule has 2 unspecified atom stereocenters. The van der Waals surface area contributed by atoms with Crippen LogP contribution in [0.15, 0.2) is 11.6 Å². The Morgan fingerprint density at radius 2 is 1.33 bits per heavy atom. The standard InChI is InChI=1S/C20H40O/c1-5-7-8-9-10-11-12-13-14-15-17-20(21)19(4)18(3)16-6-2/h16,19-21H,5-15,17H2,1-4H3/b18-16-. The van der Waals surface area contributed by atoms with Crippen molar-refractivity contribution in [1.82, 2.24) is 0 Å². The lowest BCUT2D eigenvalue weighted by molar-refractivity contribution is 0.120. The molecule has 0 aromatic heterocycles. The molecule has 126 valence electrons. The normalized spacial score (nSPS) is 15.2. The maximum Gasteiger partial charge on any atom is 0.0602 e. The van der Waals surface area contributed by atoms with E-state index in [1.54, 1.807) is 0 Å². The molecule has 1 N–H and O–H groups in total. The molecule has 0 saturated heterocycles. The van der Waals surface area contributed by atoms with Crippen molar-refractivity contribution in [2.75, 3.05) is 0 Å². The molecule has 0 radical (unpaired) electrons. The molecule has 1 heteroatoms. The number of rotatable bonds is 14. The molecule has 0 aliphatic heterocycles. The molecule has 0 aliphatic carbocycles. The van der Waals surface area contributed by atoms with E-state index >= 15 is 0 Å². The molecule has 0 rings (SSSR count).